The van der Waals surface area contributed by atoms with Gasteiger partial charge in [-0.15, -0.1) is 12.4 Å². The Labute approximate surface area is 80.6 Å². The fourth-order valence-corrected chi connectivity index (χ4v) is 1.26. The molecule has 0 aromatic heterocycles. The normalized spacial score (nSPS) is 24.0. The molecule has 2 nitrogen and oxygen atoms in total. The standard InChI is InChI=1S/C9H17NO.ClH/c1-2-8(10)7-9-5-3-4-6-11-9;/h4,6,8-9H,2-3,5,7,10H2,1H3;1H. The summed E-state index contributed by atoms with van der Waals surface area (Å²) in [6.07, 6.45) is 8.55. The number of hydrogen-bond donors (Lipinski definition) is 1. The molecule has 0 saturated carbocycles. The molecule has 1 heterocycles. The van der Waals surface area contributed by atoms with Crippen molar-refractivity contribution in [1.82, 2.24) is 0 Å². The van der Waals surface area contributed by atoms with E-state index in [1.807, 2.05) is 0 Å². The van der Waals surface area contributed by atoms with Crippen LogP contribution < -0.4 is 5.73 Å². The number of rotatable bonds is 3. The fourth-order valence-electron chi connectivity index (χ4n) is 1.26. The van der Waals surface area contributed by atoms with Crippen molar-refractivity contribution >= 4 is 12.4 Å². The van der Waals surface area contributed by atoms with Gasteiger partial charge in [0.1, 0.15) is 0 Å². The Morgan fingerprint density at radius 3 is 2.92 bits per heavy atom. The molecule has 0 amide bonds. The van der Waals surface area contributed by atoms with E-state index in [-0.39, 0.29) is 12.4 Å². The van der Waals surface area contributed by atoms with Crippen molar-refractivity contribution in [3.8, 4) is 0 Å². The predicted molar refractivity (Wildman–Crippen MR) is 53.4 cm³/mol. The van der Waals surface area contributed by atoms with E-state index in [4.69, 9.17) is 10.5 Å². The van der Waals surface area contributed by atoms with Gasteiger partial charge >= 0.3 is 0 Å². The van der Waals surface area contributed by atoms with Crippen LogP contribution in [-0.4, -0.2) is 12.1 Å². The molecular formula is C9H18ClNO. The van der Waals surface area contributed by atoms with Crippen molar-refractivity contribution in [3.05, 3.63) is 12.3 Å². The zero-order chi connectivity index (χ0) is 8.10. The first-order valence-corrected chi connectivity index (χ1v) is 4.39. The topological polar surface area (TPSA) is 35.2 Å². The molecule has 0 radical (unpaired) electrons. The van der Waals surface area contributed by atoms with Gasteiger partial charge in [-0.2, -0.15) is 0 Å². The second-order valence-corrected chi connectivity index (χ2v) is 3.11. The summed E-state index contributed by atoms with van der Waals surface area (Å²) < 4.78 is 5.39. The van der Waals surface area contributed by atoms with E-state index in [1.54, 1.807) is 6.26 Å². The second-order valence-electron chi connectivity index (χ2n) is 3.11. The molecule has 0 saturated heterocycles. The lowest BCUT2D eigenvalue weighted by molar-refractivity contribution is 0.108. The average Bonchev–Trinajstić information content (AvgIpc) is 2.06. The van der Waals surface area contributed by atoms with Crippen LogP contribution in [0.2, 0.25) is 0 Å². The highest BCUT2D eigenvalue weighted by molar-refractivity contribution is 5.85. The number of allylic oxidation sites excluding steroid dienone is 1. The smallest absolute Gasteiger partial charge is 0.0996 e. The SMILES string of the molecule is CCC(N)CC1CCC=CO1.Cl. The van der Waals surface area contributed by atoms with E-state index in [0.717, 1.165) is 25.7 Å². The van der Waals surface area contributed by atoms with Crippen molar-refractivity contribution in [1.29, 1.82) is 0 Å². The summed E-state index contributed by atoms with van der Waals surface area (Å²) in [5.41, 5.74) is 5.80. The molecule has 72 valence electrons. The molecule has 0 fully saturated rings. The predicted octanol–water partition coefficient (Wildman–Crippen LogP) is 2.23. The Kier molecular flexibility index (Phi) is 6.21. The van der Waals surface area contributed by atoms with Crippen molar-refractivity contribution in [2.75, 3.05) is 0 Å². The molecule has 1 aliphatic rings. The summed E-state index contributed by atoms with van der Waals surface area (Å²) in [5.74, 6) is 0. The third-order valence-corrected chi connectivity index (χ3v) is 2.11. The van der Waals surface area contributed by atoms with Crippen LogP contribution in [0.5, 0.6) is 0 Å². The largest absolute Gasteiger partial charge is 0.498 e. The lowest BCUT2D eigenvalue weighted by Gasteiger charge is -2.21. The number of hydrogen-bond acceptors (Lipinski definition) is 2. The molecule has 0 bridgehead atoms. The lowest BCUT2D eigenvalue weighted by Crippen LogP contribution is -2.26. The van der Waals surface area contributed by atoms with Crippen LogP contribution in [0.15, 0.2) is 12.3 Å². The van der Waals surface area contributed by atoms with E-state index in [1.165, 1.54) is 0 Å². The highest BCUT2D eigenvalue weighted by Crippen LogP contribution is 2.15. The maximum absolute atomic E-state index is 5.80. The molecule has 0 aliphatic carbocycles. The van der Waals surface area contributed by atoms with Crippen molar-refractivity contribution in [3.63, 3.8) is 0 Å². The van der Waals surface area contributed by atoms with Gasteiger partial charge in [-0.05, 0) is 31.8 Å². The summed E-state index contributed by atoms with van der Waals surface area (Å²) in [4.78, 5) is 0. The number of ether oxygens (including phenoxy) is 1. The molecule has 2 atom stereocenters. The summed E-state index contributed by atoms with van der Waals surface area (Å²) in [6.45, 7) is 2.11. The Bertz CT molecular complexity index is 138. The Hall–Kier alpha value is -0.210. The molecule has 0 aromatic carbocycles. The van der Waals surface area contributed by atoms with Gasteiger partial charge in [-0.25, -0.2) is 0 Å². The lowest BCUT2D eigenvalue weighted by atomic mass is 10.0. The molecule has 2 unspecified atom stereocenters. The molecule has 1 aliphatic heterocycles. The van der Waals surface area contributed by atoms with Gasteiger partial charge in [-0.1, -0.05) is 6.92 Å². The maximum atomic E-state index is 5.80. The number of halogens is 1. The van der Waals surface area contributed by atoms with Gasteiger partial charge in [0.15, 0.2) is 0 Å². The third-order valence-electron chi connectivity index (χ3n) is 2.11. The summed E-state index contributed by atoms with van der Waals surface area (Å²) in [6, 6.07) is 0.312. The molecule has 2 N–H and O–H groups in total. The zero-order valence-electron chi connectivity index (χ0n) is 7.53. The van der Waals surface area contributed by atoms with E-state index < -0.39 is 0 Å². The highest BCUT2D eigenvalue weighted by atomic mass is 35.5. The van der Waals surface area contributed by atoms with E-state index in [0.29, 0.717) is 12.1 Å². The van der Waals surface area contributed by atoms with Crippen LogP contribution in [0, 0.1) is 0 Å². The first kappa shape index (κ1) is 11.8. The monoisotopic (exact) mass is 191 g/mol. The summed E-state index contributed by atoms with van der Waals surface area (Å²) in [5, 5.41) is 0. The second kappa shape index (κ2) is 6.32. The van der Waals surface area contributed by atoms with Crippen molar-refractivity contribution in [2.45, 2.75) is 44.8 Å². The quantitative estimate of drug-likeness (QED) is 0.743. The van der Waals surface area contributed by atoms with Crippen LogP contribution in [0.4, 0.5) is 0 Å². The van der Waals surface area contributed by atoms with Crippen LogP contribution in [0.25, 0.3) is 0 Å². The molecular weight excluding hydrogens is 174 g/mol. The zero-order valence-corrected chi connectivity index (χ0v) is 8.35. The minimum atomic E-state index is 0. The highest BCUT2D eigenvalue weighted by Gasteiger charge is 2.13. The summed E-state index contributed by atoms with van der Waals surface area (Å²) in [7, 11) is 0. The Morgan fingerprint density at radius 2 is 2.42 bits per heavy atom. The van der Waals surface area contributed by atoms with Crippen LogP contribution in [-0.2, 0) is 4.74 Å². The summed E-state index contributed by atoms with van der Waals surface area (Å²) >= 11 is 0. The molecule has 1 rings (SSSR count). The van der Waals surface area contributed by atoms with Gasteiger partial charge in [0.25, 0.3) is 0 Å². The Balaban J connectivity index is 0.00000121. The van der Waals surface area contributed by atoms with Crippen molar-refractivity contribution < 1.29 is 4.74 Å². The van der Waals surface area contributed by atoms with Crippen LogP contribution >= 0.6 is 12.4 Å². The Morgan fingerprint density at radius 1 is 1.67 bits per heavy atom. The van der Waals surface area contributed by atoms with Crippen LogP contribution in [0.3, 0.4) is 0 Å². The molecule has 12 heavy (non-hydrogen) atoms. The van der Waals surface area contributed by atoms with Gasteiger partial charge in [0, 0.05) is 6.04 Å². The molecule has 0 spiro atoms. The first-order valence-electron chi connectivity index (χ1n) is 4.39. The average molecular weight is 192 g/mol. The molecule has 0 aromatic rings. The van der Waals surface area contributed by atoms with Gasteiger partial charge in [0.05, 0.1) is 12.4 Å². The van der Waals surface area contributed by atoms with E-state index in [2.05, 4.69) is 13.0 Å². The van der Waals surface area contributed by atoms with Crippen LogP contribution in [0.1, 0.15) is 32.6 Å². The minimum Gasteiger partial charge on any atom is -0.498 e. The van der Waals surface area contributed by atoms with Gasteiger partial charge in [-0.3, -0.25) is 0 Å². The molecule has 3 heteroatoms. The first-order chi connectivity index (χ1) is 5.33. The van der Waals surface area contributed by atoms with E-state index >= 15 is 0 Å². The maximum Gasteiger partial charge on any atom is 0.0996 e. The van der Waals surface area contributed by atoms with Crippen molar-refractivity contribution in [2.24, 2.45) is 5.73 Å². The minimum absolute atomic E-state index is 0. The van der Waals surface area contributed by atoms with E-state index in [9.17, 15) is 0 Å². The number of nitrogens with two attached hydrogens (primary N) is 1. The fraction of sp³-hybridized carbons (Fsp3) is 0.778. The van der Waals surface area contributed by atoms with Gasteiger partial charge in [0.2, 0.25) is 0 Å². The van der Waals surface area contributed by atoms with Gasteiger partial charge < -0.3 is 10.5 Å². The third kappa shape index (κ3) is 3.98.